The van der Waals surface area contributed by atoms with Crippen molar-refractivity contribution < 1.29 is 4.79 Å². The van der Waals surface area contributed by atoms with E-state index in [-0.39, 0.29) is 11.9 Å². The van der Waals surface area contributed by atoms with Crippen molar-refractivity contribution >= 4 is 27.7 Å². The van der Waals surface area contributed by atoms with Gasteiger partial charge in [-0.3, -0.25) is 9.89 Å². The van der Waals surface area contributed by atoms with E-state index >= 15 is 0 Å². The number of anilines is 1. The van der Waals surface area contributed by atoms with Crippen LogP contribution in [0.4, 0.5) is 5.82 Å². The summed E-state index contributed by atoms with van der Waals surface area (Å²) in [5.74, 6) is 0.608. The van der Waals surface area contributed by atoms with Crippen molar-refractivity contribution in [2.75, 3.05) is 11.9 Å². The number of carbonyl (C=O) groups is 1. The number of hydrogen-bond donors (Lipinski definition) is 3. The topological polar surface area (TPSA) is 69.8 Å². The summed E-state index contributed by atoms with van der Waals surface area (Å²) in [6.07, 6.45) is 3.57. The van der Waals surface area contributed by atoms with Crippen LogP contribution in [0.3, 0.4) is 0 Å². The molecule has 0 bridgehead atoms. The average Bonchev–Trinajstić information content (AvgIpc) is 2.77. The van der Waals surface area contributed by atoms with Crippen LogP contribution in [-0.4, -0.2) is 28.7 Å². The van der Waals surface area contributed by atoms with Gasteiger partial charge >= 0.3 is 0 Å². The fourth-order valence-electron chi connectivity index (χ4n) is 1.48. The number of hydrogen-bond acceptors (Lipinski definition) is 3. The monoisotopic (exact) mass is 258 g/mol. The number of nitrogens with one attached hydrogen (secondary N) is 3. The molecule has 1 atom stereocenters. The van der Waals surface area contributed by atoms with Gasteiger partial charge in [-0.1, -0.05) is 0 Å². The summed E-state index contributed by atoms with van der Waals surface area (Å²) in [7, 11) is 0. The lowest BCUT2D eigenvalue weighted by Crippen LogP contribution is -2.35. The molecule has 0 spiro atoms. The Morgan fingerprint density at radius 3 is 3.14 bits per heavy atom. The summed E-state index contributed by atoms with van der Waals surface area (Å²) in [5.41, 5.74) is 0. The van der Waals surface area contributed by atoms with E-state index in [9.17, 15) is 4.79 Å². The maximum absolute atomic E-state index is 11.6. The summed E-state index contributed by atoms with van der Waals surface area (Å²) in [6, 6.07) is -0.0646. The molecule has 1 saturated heterocycles. The van der Waals surface area contributed by atoms with Crippen LogP contribution in [0.1, 0.15) is 12.8 Å². The van der Waals surface area contributed by atoms with Crippen LogP contribution in [0.25, 0.3) is 0 Å². The standard InChI is InChI=1S/C8H11BrN4O/c9-5-4-11-13-7(5)12-8(14)6-2-1-3-10-6/h4,6,10H,1-3H2,(H2,11,12,13,14). The Bertz CT molecular complexity index is 332. The van der Waals surface area contributed by atoms with Crippen molar-refractivity contribution in [3.05, 3.63) is 10.7 Å². The number of nitrogens with zero attached hydrogens (tertiary/aromatic N) is 1. The molecule has 1 amide bonds. The van der Waals surface area contributed by atoms with Crippen LogP contribution in [0.5, 0.6) is 0 Å². The molecule has 2 heterocycles. The van der Waals surface area contributed by atoms with Gasteiger partial charge in [-0.25, -0.2) is 0 Å². The van der Waals surface area contributed by atoms with Gasteiger partial charge in [0.25, 0.3) is 0 Å². The highest BCUT2D eigenvalue weighted by molar-refractivity contribution is 9.10. The highest BCUT2D eigenvalue weighted by Gasteiger charge is 2.22. The Morgan fingerprint density at radius 1 is 1.71 bits per heavy atom. The lowest BCUT2D eigenvalue weighted by atomic mass is 10.2. The van der Waals surface area contributed by atoms with Crippen LogP contribution in [-0.2, 0) is 4.79 Å². The molecule has 1 unspecified atom stereocenters. The molecular weight excluding hydrogens is 248 g/mol. The number of halogens is 1. The molecule has 1 aromatic rings. The van der Waals surface area contributed by atoms with E-state index in [1.54, 1.807) is 6.20 Å². The number of amides is 1. The molecule has 1 aliphatic rings. The molecule has 0 aromatic carbocycles. The Kier molecular flexibility index (Phi) is 2.83. The highest BCUT2D eigenvalue weighted by atomic mass is 79.9. The predicted molar refractivity (Wildman–Crippen MR) is 55.9 cm³/mol. The molecule has 76 valence electrons. The van der Waals surface area contributed by atoms with Gasteiger partial charge < -0.3 is 10.6 Å². The SMILES string of the molecule is O=C(Nc1[nH]ncc1Br)C1CCCN1. The fourth-order valence-corrected chi connectivity index (χ4v) is 1.77. The minimum Gasteiger partial charge on any atom is -0.309 e. The van der Waals surface area contributed by atoms with Crippen molar-refractivity contribution in [1.82, 2.24) is 15.5 Å². The van der Waals surface area contributed by atoms with Gasteiger partial charge in [0, 0.05) is 0 Å². The second kappa shape index (κ2) is 4.10. The first kappa shape index (κ1) is 9.67. The van der Waals surface area contributed by atoms with Crippen LogP contribution in [0, 0.1) is 0 Å². The van der Waals surface area contributed by atoms with Crippen LogP contribution < -0.4 is 10.6 Å². The zero-order valence-corrected chi connectivity index (χ0v) is 9.10. The van der Waals surface area contributed by atoms with Crippen molar-refractivity contribution in [1.29, 1.82) is 0 Å². The summed E-state index contributed by atoms with van der Waals surface area (Å²) < 4.78 is 0.767. The van der Waals surface area contributed by atoms with Crippen LogP contribution >= 0.6 is 15.9 Å². The number of H-pyrrole nitrogens is 1. The third-order valence-electron chi connectivity index (χ3n) is 2.22. The Hall–Kier alpha value is -0.880. The molecule has 3 N–H and O–H groups in total. The zero-order chi connectivity index (χ0) is 9.97. The van der Waals surface area contributed by atoms with Crippen molar-refractivity contribution in [3.63, 3.8) is 0 Å². The quantitative estimate of drug-likeness (QED) is 0.737. The molecule has 0 aliphatic carbocycles. The van der Waals surface area contributed by atoms with E-state index in [2.05, 4.69) is 36.8 Å². The minimum atomic E-state index is -0.0646. The molecular formula is C8H11BrN4O. The molecule has 14 heavy (non-hydrogen) atoms. The normalized spacial score (nSPS) is 21.1. The second-order valence-corrected chi connectivity index (χ2v) is 4.09. The van der Waals surface area contributed by atoms with E-state index in [4.69, 9.17) is 0 Å². The Labute approximate surface area is 89.8 Å². The third kappa shape index (κ3) is 1.96. The largest absolute Gasteiger partial charge is 0.309 e. The zero-order valence-electron chi connectivity index (χ0n) is 7.51. The molecule has 2 rings (SSSR count). The van der Waals surface area contributed by atoms with E-state index < -0.39 is 0 Å². The second-order valence-electron chi connectivity index (χ2n) is 3.23. The van der Waals surface area contributed by atoms with Crippen molar-refractivity contribution in [3.8, 4) is 0 Å². The summed E-state index contributed by atoms with van der Waals surface area (Å²) in [4.78, 5) is 11.6. The van der Waals surface area contributed by atoms with Crippen molar-refractivity contribution in [2.45, 2.75) is 18.9 Å². The first-order valence-corrected chi connectivity index (χ1v) is 5.30. The molecule has 1 fully saturated rings. The fraction of sp³-hybridized carbons (Fsp3) is 0.500. The van der Waals surface area contributed by atoms with Crippen LogP contribution in [0.2, 0.25) is 0 Å². The Balaban J connectivity index is 1.97. The number of aromatic nitrogens is 2. The van der Waals surface area contributed by atoms with Gasteiger partial charge in [-0.2, -0.15) is 5.10 Å². The lowest BCUT2D eigenvalue weighted by Gasteiger charge is -2.09. The summed E-state index contributed by atoms with van der Waals surface area (Å²) in [5, 5.41) is 12.4. The maximum Gasteiger partial charge on any atom is 0.242 e. The molecule has 5 nitrogen and oxygen atoms in total. The first-order chi connectivity index (χ1) is 6.77. The minimum absolute atomic E-state index is 0.00699. The first-order valence-electron chi connectivity index (χ1n) is 4.50. The maximum atomic E-state index is 11.6. The van der Waals surface area contributed by atoms with Gasteiger partial charge in [0.15, 0.2) is 0 Å². The van der Waals surface area contributed by atoms with E-state index in [0.717, 1.165) is 23.9 Å². The smallest absolute Gasteiger partial charge is 0.242 e. The van der Waals surface area contributed by atoms with E-state index in [0.29, 0.717) is 5.82 Å². The van der Waals surface area contributed by atoms with Crippen LogP contribution in [0.15, 0.2) is 10.7 Å². The summed E-state index contributed by atoms with van der Waals surface area (Å²) >= 11 is 3.27. The number of rotatable bonds is 2. The van der Waals surface area contributed by atoms with E-state index in [1.807, 2.05) is 0 Å². The predicted octanol–water partition coefficient (Wildman–Crippen LogP) is 0.863. The van der Waals surface area contributed by atoms with Gasteiger partial charge in [-0.05, 0) is 35.3 Å². The number of carbonyl (C=O) groups excluding carboxylic acids is 1. The van der Waals surface area contributed by atoms with Gasteiger partial charge in [-0.15, -0.1) is 0 Å². The number of aromatic amines is 1. The molecule has 0 radical (unpaired) electrons. The molecule has 6 heteroatoms. The Morgan fingerprint density at radius 2 is 2.57 bits per heavy atom. The molecule has 1 aliphatic heterocycles. The molecule has 0 saturated carbocycles. The van der Waals surface area contributed by atoms with Crippen molar-refractivity contribution in [2.24, 2.45) is 0 Å². The van der Waals surface area contributed by atoms with E-state index in [1.165, 1.54) is 0 Å². The lowest BCUT2D eigenvalue weighted by molar-refractivity contribution is -0.117. The molecule has 1 aromatic heterocycles. The average molecular weight is 259 g/mol. The highest BCUT2D eigenvalue weighted by Crippen LogP contribution is 2.18. The third-order valence-corrected chi connectivity index (χ3v) is 2.82. The summed E-state index contributed by atoms with van der Waals surface area (Å²) in [6.45, 7) is 0.919. The van der Waals surface area contributed by atoms with Gasteiger partial charge in [0.2, 0.25) is 5.91 Å². The van der Waals surface area contributed by atoms with Gasteiger partial charge in [0.05, 0.1) is 16.7 Å². The van der Waals surface area contributed by atoms with Gasteiger partial charge in [0.1, 0.15) is 5.82 Å².